The van der Waals surface area contributed by atoms with Crippen LogP contribution in [0.15, 0.2) is 0 Å². The minimum atomic E-state index is -0.621. The average Bonchev–Trinajstić information content (AvgIpc) is 2.42. The summed E-state index contributed by atoms with van der Waals surface area (Å²) in [4.78, 5) is 27.8. The first-order chi connectivity index (χ1) is 9.80. The summed E-state index contributed by atoms with van der Waals surface area (Å²) in [5.41, 5.74) is -0.621. The number of carbonyl (C=O) groups is 2. The second-order valence-electron chi connectivity index (χ2n) is 7.52. The first kappa shape index (κ1) is 16.3. The van der Waals surface area contributed by atoms with Gasteiger partial charge in [-0.15, -0.1) is 0 Å². The Morgan fingerprint density at radius 2 is 1.62 bits per heavy atom. The Balaban J connectivity index is 2.38. The highest BCUT2D eigenvalue weighted by atomic mass is 16.2. The highest BCUT2D eigenvalue weighted by Crippen LogP contribution is 2.36. The van der Waals surface area contributed by atoms with Gasteiger partial charge in [-0.3, -0.25) is 9.59 Å². The summed E-state index contributed by atoms with van der Waals surface area (Å²) in [6.07, 6.45) is 4.82. The molecule has 1 saturated carbocycles. The monoisotopic (exact) mass is 294 g/mol. The van der Waals surface area contributed by atoms with Gasteiger partial charge in [0.15, 0.2) is 0 Å². The molecule has 0 aromatic carbocycles. The summed E-state index contributed by atoms with van der Waals surface area (Å²) in [6.45, 7) is 10.4. The molecule has 21 heavy (non-hydrogen) atoms. The molecule has 2 aliphatic rings. The molecule has 1 N–H and O–H groups in total. The molecule has 0 aromatic heterocycles. The molecule has 2 fully saturated rings. The number of hydrogen-bond acceptors (Lipinski definition) is 2. The highest BCUT2D eigenvalue weighted by molar-refractivity contribution is 6.00. The lowest BCUT2D eigenvalue weighted by molar-refractivity contribution is -0.162. The van der Waals surface area contributed by atoms with E-state index in [1.54, 1.807) is 0 Å². The van der Waals surface area contributed by atoms with Gasteiger partial charge in [0.05, 0.1) is 0 Å². The number of rotatable bonds is 3. The van der Waals surface area contributed by atoms with E-state index in [4.69, 9.17) is 0 Å². The molecule has 2 amide bonds. The zero-order valence-electron chi connectivity index (χ0n) is 14.1. The van der Waals surface area contributed by atoms with Crippen molar-refractivity contribution in [2.45, 2.75) is 84.3 Å². The molecule has 1 saturated heterocycles. The molecule has 0 radical (unpaired) electrons. The van der Waals surface area contributed by atoms with Crippen LogP contribution in [0.3, 0.4) is 0 Å². The van der Waals surface area contributed by atoms with Crippen LogP contribution in [0.4, 0.5) is 0 Å². The number of piperazine rings is 1. The topological polar surface area (TPSA) is 49.4 Å². The number of nitrogens with one attached hydrogen (secondary N) is 1. The number of carbonyl (C=O) groups excluding carboxylic acids is 2. The van der Waals surface area contributed by atoms with E-state index in [2.05, 4.69) is 26.1 Å². The lowest BCUT2D eigenvalue weighted by atomic mass is 9.76. The van der Waals surface area contributed by atoms with Crippen molar-refractivity contribution in [3.05, 3.63) is 0 Å². The van der Waals surface area contributed by atoms with E-state index in [0.717, 1.165) is 32.1 Å². The summed E-state index contributed by atoms with van der Waals surface area (Å²) in [6, 6.07) is -0.239. The zero-order chi connectivity index (χ0) is 15.8. The van der Waals surface area contributed by atoms with Crippen molar-refractivity contribution in [3.63, 3.8) is 0 Å². The van der Waals surface area contributed by atoms with Crippen LogP contribution in [0.25, 0.3) is 0 Å². The van der Waals surface area contributed by atoms with Crippen LogP contribution >= 0.6 is 0 Å². The Morgan fingerprint density at radius 3 is 2.10 bits per heavy atom. The molecule has 1 aliphatic carbocycles. The second-order valence-corrected chi connectivity index (χ2v) is 7.52. The minimum Gasteiger partial charge on any atom is -0.340 e. The van der Waals surface area contributed by atoms with Crippen molar-refractivity contribution in [3.8, 4) is 0 Å². The van der Waals surface area contributed by atoms with Gasteiger partial charge in [0, 0.05) is 6.04 Å². The van der Waals surface area contributed by atoms with Crippen LogP contribution in [0.2, 0.25) is 0 Å². The lowest BCUT2D eigenvalue weighted by Crippen LogP contribution is -2.73. The van der Waals surface area contributed by atoms with Gasteiger partial charge in [-0.05, 0) is 31.6 Å². The molecule has 0 aromatic rings. The van der Waals surface area contributed by atoms with Crippen molar-refractivity contribution in [2.75, 3.05) is 0 Å². The third kappa shape index (κ3) is 2.82. The van der Waals surface area contributed by atoms with Crippen molar-refractivity contribution in [1.29, 1.82) is 0 Å². The largest absolute Gasteiger partial charge is 0.340 e. The smallest absolute Gasteiger partial charge is 0.249 e. The summed E-state index contributed by atoms with van der Waals surface area (Å²) in [5, 5.41) is 3.11. The van der Waals surface area contributed by atoms with Gasteiger partial charge in [0.1, 0.15) is 11.6 Å². The van der Waals surface area contributed by atoms with Gasteiger partial charge in [-0.25, -0.2) is 0 Å². The standard InChI is InChI=1S/C17H30N2O2/c1-11(2)13(5)19-14(12(3)4)15(20)18-17(16(19)21)9-7-6-8-10-17/h11-14H,6-10H2,1-5H3,(H,18,20). The summed E-state index contributed by atoms with van der Waals surface area (Å²) in [7, 11) is 0. The SMILES string of the molecule is CC(C)C(C)N1C(=O)C2(CCCCC2)NC(=O)C1C(C)C. The fourth-order valence-corrected chi connectivity index (χ4v) is 3.74. The van der Waals surface area contributed by atoms with Crippen LogP contribution in [0, 0.1) is 11.8 Å². The Hall–Kier alpha value is -1.06. The van der Waals surface area contributed by atoms with Crippen molar-refractivity contribution in [2.24, 2.45) is 11.8 Å². The third-order valence-electron chi connectivity index (χ3n) is 5.32. The molecule has 2 unspecified atom stereocenters. The zero-order valence-corrected chi connectivity index (χ0v) is 14.1. The van der Waals surface area contributed by atoms with E-state index in [0.29, 0.717) is 5.92 Å². The first-order valence-corrected chi connectivity index (χ1v) is 8.45. The van der Waals surface area contributed by atoms with E-state index in [1.807, 2.05) is 18.7 Å². The maximum absolute atomic E-state index is 13.2. The third-order valence-corrected chi connectivity index (χ3v) is 5.32. The van der Waals surface area contributed by atoms with Crippen LogP contribution < -0.4 is 5.32 Å². The van der Waals surface area contributed by atoms with Crippen LogP contribution in [-0.2, 0) is 9.59 Å². The van der Waals surface area contributed by atoms with E-state index in [9.17, 15) is 9.59 Å². The number of amides is 2. The second kappa shape index (κ2) is 5.98. The summed E-state index contributed by atoms with van der Waals surface area (Å²) < 4.78 is 0. The molecule has 120 valence electrons. The minimum absolute atomic E-state index is 0.0407. The van der Waals surface area contributed by atoms with Gasteiger partial charge < -0.3 is 10.2 Å². The molecule has 4 nitrogen and oxygen atoms in total. The van der Waals surface area contributed by atoms with Crippen molar-refractivity contribution < 1.29 is 9.59 Å². The van der Waals surface area contributed by atoms with Gasteiger partial charge in [0.25, 0.3) is 0 Å². The molecule has 0 bridgehead atoms. The molecule has 1 spiro atoms. The van der Waals surface area contributed by atoms with Gasteiger partial charge in [0.2, 0.25) is 11.8 Å². The Bertz CT molecular complexity index is 411. The molecule has 1 aliphatic heterocycles. The van der Waals surface area contributed by atoms with Gasteiger partial charge in [-0.2, -0.15) is 0 Å². The lowest BCUT2D eigenvalue weighted by Gasteiger charge is -2.51. The van der Waals surface area contributed by atoms with E-state index >= 15 is 0 Å². The van der Waals surface area contributed by atoms with Crippen molar-refractivity contribution >= 4 is 11.8 Å². The van der Waals surface area contributed by atoms with E-state index < -0.39 is 5.54 Å². The normalized spacial score (nSPS) is 27.4. The Kier molecular flexibility index (Phi) is 4.64. The predicted octanol–water partition coefficient (Wildman–Crippen LogP) is 2.72. The molecule has 4 heteroatoms. The van der Waals surface area contributed by atoms with Gasteiger partial charge >= 0.3 is 0 Å². The Labute approximate surface area is 128 Å². The number of nitrogens with zero attached hydrogens (tertiary/aromatic N) is 1. The molecule has 2 atom stereocenters. The first-order valence-electron chi connectivity index (χ1n) is 8.45. The predicted molar refractivity (Wildman–Crippen MR) is 83.7 cm³/mol. The fraction of sp³-hybridized carbons (Fsp3) is 0.882. The van der Waals surface area contributed by atoms with Crippen LogP contribution in [0.1, 0.15) is 66.7 Å². The Morgan fingerprint density at radius 1 is 1.05 bits per heavy atom. The van der Waals surface area contributed by atoms with Crippen molar-refractivity contribution in [1.82, 2.24) is 10.2 Å². The average molecular weight is 294 g/mol. The molecule has 2 rings (SSSR count). The highest BCUT2D eigenvalue weighted by Gasteiger charge is 2.53. The van der Waals surface area contributed by atoms with E-state index in [1.165, 1.54) is 0 Å². The maximum Gasteiger partial charge on any atom is 0.249 e. The molecular weight excluding hydrogens is 264 g/mol. The maximum atomic E-state index is 13.2. The number of hydrogen-bond donors (Lipinski definition) is 1. The summed E-state index contributed by atoms with van der Waals surface area (Å²) in [5.74, 6) is 0.679. The molecular formula is C17H30N2O2. The molecule has 1 heterocycles. The van der Waals surface area contributed by atoms with Crippen LogP contribution in [-0.4, -0.2) is 34.3 Å². The van der Waals surface area contributed by atoms with E-state index in [-0.39, 0.29) is 29.8 Å². The van der Waals surface area contributed by atoms with Gasteiger partial charge in [-0.1, -0.05) is 47.0 Å². The van der Waals surface area contributed by atoms with Crippen LogP contribution in [0.5, 0.6) is 0 Å². The quantitative estimate of drug-likeness (QED) is 0.870. The fourth-order valence-electron chi connectivity index (χ4n) is 3.74. The summed E-state index contributed by atoms with van der Waals surface area (Å²) >= 11 is 0.